The average Bonchev–Trinajstić information content (AvgIpc) is 1.99. The summed E-state index contributed by atoms with van der Waals surface area (Å²) >= 11 is 1.07. The first-order valence-corrected chi connectivity index (χ1v) is 5.53. The van der Waals surface area contributed by atoms with Gasteiger partial charge in [-0.05, 0) is 6.26 Å². The molecule has 0 aromatic heterocycles. The minimum Gasteiger partial charge on any atom is -0.285 e. The maximum absolute atomic E-state index is 11.0. The number of nitrogens with zero attached hydrogens (tertiary/aromatic N) is 2. The minimum absolute atomic E-state index is 0.0955. The summed E-state index contributed by atoms with van der Waals surface area (Å²) in [6.45, 7) is 0. The Morgan fingerprint density at radius 3 is 2.58 bits per heavy atom. The third-order valence-electron chi connectivity index (χ3n) is 1.24. The second-order valence-corrected chi connectivity index (χ2v) is 4.40. The van der Waals surface area contributed by atoms with Crippen molar-refractivity contribution in [2.24, 2.45) is 4.40 Å². The molecule has 1 aliphatic rings. The van der Waals surface area contributed by atoms with E-state index in [0.717, 1.165) is 18.8 Å². The molecule has 68 valence electrons. The van der Waals surface area contributed by atoms with Crippen LogP contribution in [0.5, 0.6) is 0 Å². The van der Waals surface area contributed by atoms with Crippen molar-refractivity contribution in [2.45, 2.75) is 0 Å². The standard InChI is InChI=1S/C4H7N3O3S2/c1-7-4(8)5-3(11-2)6-12(7,9)10/h1-2H3,(H,5,6,8). The number of hydrogen-bond acceptors (Lipinski definition) is 4. The first-order valence-electron chi connectivity index (χ1n) is 2.91. The fourth-order valence-electron chi connectivity index (χ4n) is 0.552. The van der Waals surface area contributed by atoms with Crippen molar-refractivity contribution in [1.82, 2.24) is 9.62 Å². The molecule has 0 saturated carbocycles. The van der Waals surface area contributed by atoms with Crippen LogP contribution >= 0.6 is 11.8 Å². The highest BCUT2D eigenvalue weighted by Gasteiger charge is 2.28. The molecule has 0 saturated heterocycles. The van der Waals surface area contributed by atoms with Crippen LogP contribution in [-0.2, 0) is 10.2 Å². The zero-order chi connectivity index (χ0) is 9.35. The number of amides is 2. The van der Waals surface area contributed by atoms with Crippen LogP contribution in [0, 0.1) is 0 Å². The predicted molar refractivity (Wildman–Crippen MR) is 46.2 cm³/mol. The summed E-state index contributed by atoms with van der Waals surface area (Å²) in [5.74, 6) is 0. The number of urea groups is 1. The maximum Gasteiger partial charge on any atom is 0.350 e. The van der Waals surface area contributed by atoms with Crippen LogP contribution in [0.3, 0.4) is 0 Å². The van der Waals surface area contributed by atoms with Gasteiger partial charge >= 0.3 is 16.2 Å². The van der Waals surface area contributed by atoms with Gasteiger partial charge in [-0.15, -0.1) is 4.40 Å². The van der Waals surface area contributed by atoms with Crippen molar-refractivity contribution in [1.29, 1.82) is 0 Å². The van der Waals surface area contributed by atoms with E-state index >= 15 is 0 Å². The van der Waals surface area contributed by atoms with Gasteiger partial charge in [0.1, 0.15) is 0 Å². The predicted octanol–water partition coefficient (Wildman–Crippen LogP) is -0.395. The van der Waals surface area contributed by atoms with Crippen LogP contribution in [-0.4, -0.2) is 37.2 Å². The summed E-state index contributed by atoms with van der Waals surface area (Å²) < 4.78 is 25.9. The lowest BCUT2D eigenvalue weighted by Crippen LogP contribution is -2.46. The van der Waals surface area contributed by atoms with Crippen LogP contribution in [0.1, 0.15) is 0 Å². The van der Waals surface area contributed by atoms with Crippen LogP contribution in [0.15, 0.2) is 4.40 Å². The molecule has 0 aromatic carbocycles. The van der Waals surface area contributed by atoms with Gasteiger partial charge in [0.2, 0.25) is 0 Å². The summed E-state index contributed by atoms with van der Waals surface area (Å²) in [4.78, 5) is 10.9. The van der Waals surface area contributed by atoms with Gasteiger partial charge in [0.05, 0.1) is 0 Å². The number of amidine groups is 1. The summed E-state index contributed by atoms with van der Waals surface area (Å²) in [5.41, 5.74) is 0. The lowest BCUT2D eigenvalue weighted by Gasteiger charge is -2.20. The van der Waals surface area contributed by atoms with E-state index in [1.165, 1.54) is 0 Å². The molecular weight excluding hydrogens is 202 g/mol. The molecule has 8 heteroatoms. The lowest BCUT2D eigenvalue weighted by molar-refractivity contribution is 0.232. The van der Waals surface area contributed by atoms with Gasteiger partial charge in [0.15, 0.2) is 5.17 Å². The van der Waals surface area contributed by atoms with E-state index < -0.39 is 16.2 Å². The summed E-state index contributed by atoms with van der Waals surface area (Å²) in [5, 5.41) is 2.39. The van der Waals surface area contributed by atoms with Gasteiger partial charge in [0, 0.05) is 7.05 Å². The first-order chi connectivity index (χ1) is 5.47. The zero-order valence-corrected chi connectivity index (χ0v) is 8.07. The van der Waals surface area contributed by atoms with Crippen LogP contribution < -0.4 is 5.32 Å². The van der Waals surface area contributed by atoms with E-state index in [0.29, 0.717) is 4.31 Å². The molecule has 1 aliphatic heterocycles. The highest BCUT2D eigenvalue weighted by atomic mass is 32.2. The Labute approximate surface area is 74.2 Å². The largest absolute Gasteiger partial charge is 0.350 e. The highest BCUT2D eigenvalue weighted by molar-refractivity contribution is 8.14. The van der Waals surface area contributed by atoms with E-state index in [4.69, 9.17) is 0 Å². The van der Waals surface area contributed by atoms with Crippen LogP contribution in [0.4, 0.5) is 4.79 Å². The highest BCUT2D eigenvalue weighted by Crippen LogP contribution is 2.09. The number of thioether (sulfide) groups is 1. The SMILES string of the molecule is CSC1=NS(=O)(=O)N(C)C(=O)N1. The lowest BCUT2D eigenvalue weighted by atomic mass is 10.9. The molecule has 0 fully saturated rings. The normalized spacial score (nSPS) is 21.7. The Morgan fingerprint density at radius 1 is 1.58 bits per heavy atom. The number of carbonyl (C=O) groups excluding carboxylic acids is 1. The van der Waals surface area contributed by atoms with Gasteiger partial charge < -0.3 is 0 Å². The van der Waals surface area contributed by atoms with Crippen molar-refractivity contribution in [3.63, 3.8) is 0 Å². The topological polar surface area (TPSA) is 78.8 Å². The number of hydrogen-bond donors (Lipinski definition) is 1. The van der Waals surface area contributed by atoms with Gasteiger partial charge in [-0.1, -0.05) is 11.8 Å². The van der Waals surface area contributed by atoms with Gasteiger partial charge in [0.25, 0.3) is 0 Å². The Morgan fingerprint density at radius 2 is 2.17 bits per heavy atom. The number of nitrogens with one attached hydrogen (secondary N) is 1. The van der Waals surface area contributed by atoms with Crippen molar-refractivity contribution < 1.29 is 13.2 Å². The van der Waals surface area contributed by atoms with E-state index in [9.17, 15) is 13.2 Å². The molecule has 6 nitrogen and oxygen atoms in total. The van der Waals surface area contributed by atoms with Crippen LogP contribution in [0.25, 0.3) is 0 Å². The number of carbonyl (C=O) groups is 1. The molecule has 0 unspecified atom stereocenters. The quantitative estimate of drug-likeness (QED) is 0.589. The van der Waals surface area contributed by atoms with E-state index in [1.54, 1.807) is 6.26 Å². The third-order valence-corrected chi connectivity index (χ3v) is 3.20. The molecule has 0 aliphatic carbocycles. The Hall–Kier alpha value is -0.760. The molecule has 0 spiro atoms. The Kier molecular flexibility index (Phi) is 2.29. The van der Waals surface area contributed by atoms with Gasteiger partial charge in [-0.25, -0.2) is 9.10 Å². The fourth-order valence-corrected chi connectivity index (χ4v) is 1.96. The average molecular weight is 209 g/mol. The van der Waals surface area contributed by atoms with Gasteiger partial charge in [-0.2, -0.15) is 8.42 Å². The van der Waals surface area contributed by atoms with Crippen molar-refractivity contribution in [3.8, 4) is 0 Å². The molecule has 0 atom stereocenters. The van der Waals surface area contributed by atoms with Crippen LogP contribution in [0.2, 0.25) is 0 Å². The smallest absolute Gasteiger partial charge is 0.285 e. The van der Waals surface area contributed by atoms with Gasteiger partial charge in [-0.3, -0.25) is 5.32 Å². The molecule has 0 bridgehead atoms. The molecule has 1 rings (SSSR count). The van der Waals surface area contributed by atoms with E-state index in [1.807, 2.05) is 0 Å². The summed E-state index contributed by atoms with van der Waals surface area (Å²) in [6, 6.07) is -0.686. The second-order valence-electron chi connectivity index (χ2n) is 1.98. The van der Waals surface area contributed by atoms with E-state index in [2.05, 4.69) is 9.71 Å². The van der Waals surface area contributed by atoms with E-state index in [-0.39, 0.29) is 5.17 Å². The fraction of sp³-hybridized carbons (Fsp3) is 0.500. The molecule has 12 heavy (non-hydrogen) atoms. The number of rotatable bonds is 0. The zero-order valence-electron chi connectivity index (χ0n) is 6.44. The molecule has 2 amide bonds. The maximum atomic E-state index is 11.0. The first kappa shape index (κ1) is 9.33. The Balaban J connectivity index is 3.12. The minimum atomic E-state index is -3.78. The van der Waals surface area contributed by atoms with Crippen molar-refractivity contribution in [2.75, 3.05) is 13.3 Å². The van der Waals surface area contributed by atoms with Crippen molar-refractivity contribution in [3.05, 3.63) is 0 Å². The summed E-state index contributed by atoms with van der Waals surface area (Å²) in [6.07, 6.45) is 1.62. The molecule has 1 heterocycles. The molecule has 0 aromatic rings. The van der Waals surface area contributed by atoms with Crippen molar-refractivity contribution >= 4 is 33.2 Å². The third kappa shape index (κ3) is 1.53. The molecule has 0 radical (unpaired) electrons. The summed E-state index contributed by atoms with van der Waals surface area (Å²) in [7, 11) is -2.64. The monoisotopic (exact) mass is 209 g/mol. The second kappa shape index (κ2) is 2.94. The molecule has 1 N–H and O–H groups in total. The Bertz CT molecular complexity index is 333. The molecular formula is C4H7N3O3S2.